The van der Waals surface area contributed by atoms with E-state index in [4.69, 9.17) is 16.9 Å². The maximum absolute atomic E-state index is 10.8. The van der Waals surface area contributed by atoms with Gasteiger partial charge in [-0.3, -0.25) is 10.1 Å². The Kier molecular flexibility index (Phi) is 4.08. The molecule has 0 spiro atoms. The summed E-state index contributed by atoms with van der Waals surface area (Å²) in [6.45, 7) is 0.281. The highest BCUT2D eigenvalue weighted by atomic mass is 35.5. The number of nitrogens with zero attached hydrogens (tertiary/aromatic N) is 4. The Labute approximate surface area is 119 Å². The summed E-state index contributed by atoms with van der Waals surface area (Å²) in [6.07, 6.45) is 1.05. The molecule has 0 radical (unpaired) electrons. The highest BCUT2D eigenvalue weighted by molar-refractivity contribution is 6.28. The maximum atomic E-state index is 10.8. The predicted octanol–water partition coefficient (Wildman–Crippen LogP) is 2.52. The van der Waals surface area contributed by atoms with E-state index in [9.17, 15) is 10.1 Å². The van der Waals surface area contributed by atoms with Crippen LogP contribution >= 0.6 is 11.6 Å². The number of nitrogens with one attached hydrogen (secondary N) is 1. The van der Waals surface area contributed by atoms with Gasteiger partial charge in [-0.15, -0.1) is 0 Å². The van der Waals surface area contributed by atoms with Gasteiger partial charge in [0.15, 0.2) is 0 Å². The van der Waals surface area contributed by atoms with E-state index in [1.54, 1.807) is 24.3 Å². The Morgan fingerprint density at radius 2 is 2.30 bits per heavy atom. The fourth-order valence-electron chi connectivity index (χ4n) is 1.55. The number of aromatic nitrogens is 2. The number of nitriles is 1. The van der Waals surface area contributed by atoms with Crippen LogP contribution < -0.4 is 5.32 Å². The zero-order valence-electron chi connectivity index (χ0n) is 10.1. The molecule has 20 heavy (non-hydrogen) atoms. The van der Waals surface area contributed by atoms with Gasteiger partial charge in [-0.2, -0.15) is 10.2 Å². The monoisotopic (exact) mass is 289 g/mol. The second kappa shape index (κ2) is 5.95. The fraction of sp³-hybridized carbons (Fsp3) is 0.0833. The molecule has 0 saturated carbocycles. The summed E-state index contributed by atoms with van der Waals surface area (Å²) in [7, 11) is 0. The Morgan fingerprint density at radius 1 is 1.50 bits per heavy atom. The van der Waals surface area contributed by atoms with Gasteiger partial charge >= 0.3 is 5.69 Å². The van der Waals surface area contributed by atoms with Crippen LogP contribution in [0.2, 0.25) is 5.28 Å². The van der Waals surface area contributed by atoms with Gasteiger partial charge in [-0.25, -0.2) is 4.98 Å². The van der Waals surface area contributed by atoms with Crippen molar-refractivity contribution in [1.29, 1.82) is 5.26 Å². The number of halogens is 1. The molecule has 0 atom stereocenters. The molecule has 1 aromatic carbocycles. The van der Waals surface area contributed by atoms with Crippen molar-refractivity contribution in [2.24, 2.45) is 0 Å². The quantitative estimate of drug-likeness (QED) is 0.527. The third kappa shape index (κ3) is 3.18. The molecule has 1 heterocycles. The molecule has 1 N–H and O–H groups in total. The van der Waals surface area contributed by atoms with Crippen LogP contribution in [-0.2, 0) is 6.54 Å². The minimum Gasteiger partial charge on any atom is -0.360 e. The Morgan fingerprint density at radius 3 is 3.00 bits per heavy atom. The molecule has 7 nitrogen and oxygen atoms in total. The molecule has 0 aliphatic carbocycles. The molecule has 1 aromatic heterocycles. The summed E-state index contributed by atoms with van der Waals surface area (Å²) in [6, 6.07) is 8.90. The molecule has 2 rings (SSSR count). The van der Waals surface area contributed by atoms with Crippen molar-refractivity contribution in [3.8, 4) is 6.07 Å². The van der Waals surface area contributed by atoms with E-state index in [-0.39, 0.29) is 23.3 Å². The first-order valence-corrected chi connectivity index (χ1v) is 5.88. The summed E-state index contributed by atoms with van der Waals surface area (Å²) in [5.41, 5.74) is 1.05. The summed E-state index contributed by atoms with van der Waals surface area (Å²) in [4.78, 5) is 17.6. The Hall–Kier alpha value is -2.72. The van der Waals surface area contributed by atoms with E-state index in [1.807, 2.05) is 6.07 Å². The Balaban J connectivity index is 2.20. The van der Waals surface area contributed by atoms with Crippen LogP contribution in [0.25, 0.3) is 0 Å². The number of nitro groups is 1. The van der Waals surface area contributed by atoms with Crippen molar-refractivity contribution >= 4 is 23.1 Å². The lowest BCUT2D eigenvalue weighted by Gasteiger charge is -2.06. The summed E-state index contributed by atoms with van der Waals surface area (Å²) >= 11 is 5.62. The van der Waals surface area contributed by atoms with Gasteiger partial charge < -0.3 is 5.32 Å². The highest BCUT2D eigenvalue weighted by Gasteiger charge is 2.16. The molecule has 0 amide bonds. The van der Waals surface area contributed by atoms with Gasteiger partial charge in [-0.1, -0.05) is 12.1 Å². The van der Waals surface area contributed by atoms with Crippen LogP contribution in [0.4, 0.5) is 11.5 Å². The van der Waals surface area contributed by atoms with Gasteiger partial charge in [-0.05, 0) is 29.3 Å². The van der Waals surface area contributed by atoms with Crippen LogP contribution in [0.3, 0.4) is 0 Å². The molecule has 100 valence electrons. The van der Waals surface area contributed by atoms with E-state index in [0.717, 1.165) is 11.8 Å². The van der Waals surface area contributed by atoms with E-state index >= 15 is 0 Å². The second-order valence-corrected chi connectivity index (χ2v) is 4.13. The number of hydrogen-bond donors (Lipinski definition) is 1. The van der Waals surface area contributed by atoms with Gasteiger partial charge in [0.25, 0.3) is 0 Å². The van der Waals surface area contributed by atoms with E-state index < -0.39 is 4.92 Å². The van der Waals surface area contributed by atoms with Crippen molar-refractivity contribution in [2.75, 3.05) is 5.32 Å². The average molecular weight is 290 g/mol. The number of hydrogen-bond acceptors (Lipinski definition) is 6. The van der Waals surface area contributed by atoms with Crippen molar-refractivity contribution in [1.82, 2.24) is 9.97 Å². The molecule has 0 unspecified atom stereocenters. The number of anilines is 1. The lowest BCUT2D eigenvalue weighted by molar-refractivity contribution is -0.384. The van der Waals surface area contributed by atoms with Gasteiger partial charge in [0, 0.05) is 6.54 Å². The summed E-state index contributed by atoms with van der Waals surface area (Å²) in [5, 5.41) is 22.4. The van der Waals surface area contributed by atoms with Gasteiger partial charge in [0.05, 0.1) is 16.6 Å². The van der Waals surface area contributed by atoms with Crippen molar-refractivity contribution in [3.05, 3.63) is 57.0 Å². The first-order valence-electron chi connectivity index (χ1n) is 5.50. The Bertz CT molecular complexity index is 698. The molecular formula is C12H8ClN5O2. The molecule has 0 saturated heterocycles. The van der Waals surface area contributed by atoms with Crippen LogP contribution in [0.5, 0.6) is 0 Å². The molecule has 0 aliphatic rings. The molecule has 2 aromatic rings. The maximum Gasteiger partial charge on any atom is 0.329 e. The number of rotatable bonds is 4. The average Bonchev–Trinajstić information content (AvgIpc) is 2.45. The molecular weight excluding hydrogens is 282 g/mol. The SMILES string of the molecule is N#Cc1cccc(CNc2nc(Cl)ncc2[N+](=O)[O-])c1. The molecule has 0 bridgehead atoms. The molecule has 0 fully saturated rings. The zero-order chi connectivity index (χ0) is 14.5. The third-order valence-corrected chi connectivity index (χ3v) is 2.63. The minimum absolute atomic E-state index is 0.0392. The lowest BCUT2D eigenvalue weighted by Crippen LogP contribution is -2.05. The lowest BCUT2D eigenvalue weighted by atomic mass is 10.1. The predicted molar refractivity (Wildman–Crippen MR) is 72.2 cm³/mol. The first-order chi connectivity index (χ1) is 9.60. The van der Waals surface area contributed by atoms with E-state index in [2.05, 4.69) is 15.3 Å². The fourth-order valence-corrected chi connectivity index (χ4v) is 1.69. The van der Waals surface area contributed by atoms with Crippen molar-refractivity contribution in [2.45, 2.75) is 6.54 Å². The van der Waals surface area contributed by atoms with Gasteiger partial charge in [0.2, 0.25) is 11.1 Å². The van der Waals surface area contributed by atoms with Crippen LogP contribution in [0, 0.1) is 21.4 Å². The smallest absolute Gasteiger partial charge is 0.329 e. The topological polar surface area (TPSA) is 105 Å². The molecule has 8 heteroatoms. The standard InChI is InChI=1S/C12H8ClN5O2/c13-12-16-7-10(18(19)20)11(17-12)15-6-9-3-1-2-8(4-9)5-14/h1-4,7H,6H2,(H,15,16,17). The summed E-state index contributed by atoms with van der Waals surface area (Å²) in [5.74, 6) is 0.0392. The largest absolute Gasteiger partial charge is 0.360 e. The summed E-state index contributed by atoms with van der Waals surface area (Å²) < 4.78 is 0. The second-order valence-electron chi connectivity index (χ2n) is 3.80. The zero-order valence-corrected chi connectivity index (χ0v) is 10.8. The number of benzene rings is 1. The van der Waals surface area contributed by atoms with Crippen LogP contribution in [-0.4, -0.2) is 14.9 Å². The van der Waals surface area contributed by atoms with Crippen molar-refractivity contribution in [3.63, 3.8) is 0 Å². The van der Waals surface area contributed by atoms with Gasteiger partial charge in [0.1, 0.15) is 6.20 Å². The highest BCUT2D eigenvalue weighted by Crippen LogP contribution is 2.22. The normalized spacial score (nSPS) is 9.80. The van der Waals surface area contributed by atoms with Crippen LogP contribution in [0.15, 0.2) is 30.5 Å². The third-order valence-electron chi connectivity index (χ3n) is 2.45. The van der Waals surface area contributed by atoms with E-state index in [1.165, 1.54) is 0 Å². The molecule has 0 aliphatic heterocycles. The van der Waals surface area contributed by atoms with Crippen LogP contribution in [0.1, 0.15) is 11.1 Å². The van der Waals surface area contributed by atoms with E-state index in [0.29, 0.717) is 5.56 Å². The first kappa shape index (κ1) is 13.7. The minimum atomic E-state index is -0.593. The van der Waals surface area contributed by atoms with Crippen molar-refractivity contribution < 1.29 is 4.92 Å².